The summed E-state index contributed by atoms with van der Waals surface area (Å²) in [5.74, 6) is -14.8. The maximum absolute atomic E-state index is 13.4. The van der Waals surface area contributed by atoms with Crippen molar-refractivity contribution in [3.63, 3.8) is 0 Å². The normalized spacial score (nSPS) is 44.0. The van der Waals surface area contributed by atoms with Crippen LogP contribution in [0.4, 0.5) is 0 Å². The standard InChI is InChI=1S/C20H24N2O9/c1-19(30)5-3-2-4-7(23)6-8(24)9-11(19)15(26)12-13(21)14(25)10(18(22)29)17(28)20(12,31)16(9)27/h2-3,9-13,15,26,30-31H,4-6,21H2,1H3,(H2,22,29). The highest BCUT2D eigenvalue weighted by molar-refractivity contribution is 6.31. The van der Waals surface area contributed by atoms with Crippen LogP contribution in [0.25, 0.3) is 0 Å². The van der Waals surface area contributed by atoms with Crippen LogP contribution in [-0.4, -0.2) is 73.5 Å². The van der Waals surface area contributed by atoms with Gasteiger partial charge >= 0.3 is 0 Å². The van der Waals surface area contributed by atoms with Crippen molar-refractivity contribution in [1.29, 1.82) is 0 Å². The van der Waals surface area contributed by atoms with E-state index >= 15 is 0 Å². The third-order valence-corrected chi connectivity index (χ3v) is 6.64. The number of hydrogen-bond donors (Lipinski definition) is 5. The SMILES string of the molecule is CC1(O)CC=CCC(=O)CC(=O)C2C(=O)C3(O)C(=O)C(C(N)=O)C(=O)C(N)C3C(O)C21. The summed E-state index contributed by atoms with van der Waals surface area (Å²) in [6, 6.07) is -1.85. The molecule has 0 heterocycles. The molecule has 31 heavy (non-hydrogen) atoms. The highest BCUT2D eigenvalue weighted by atomic mass is 16.3. The summed E-state index contributed by atoms with van der Waals surface area (Å²) in [5, 5.41) is 33.3. The maximum Gasteiger partial charge on any atom is 0.235 e. The van der Waals surface area contributed by atoms with Gasteiger partial charge in [0.05, 0.1) is 36.0 Å². The Morgan fingerprint density at radius 1 is 1.06 bits per heavy atom. The van der Waals surface area contributed by atoms with Crippen molar-refractivity contribution in [2.45, 2.75) is 49.5 Å². The van der Waals surface area contributed by atoms with Crippen LogP contribution in [0.2, 0.25) is 0 Å². The lowest BCUT2D eigenvalue weighted by atomic mass is 9.51. The molecular weight excluding hydrogens is 412 g/mol. The molecule has 0 radical (unpaired) electrons. The number of ketones is 5. The average molecular weight is 436 g/mol. The van der Waals surface area contributed by atoms with Crippen molar-refractivity contribution in [3.8, 4) is 0 Å². The Bertz CT molecular complexity index is 924. The van der Waals surface area contributed by atoms with E-state index < -0.39 is 88.3 Å². The smallest absolute Gasteiger partial charge is 0.235 e. The van der Waals surface area contributed by atoms with Crippen molar-refractivity contribution in [1.82, 2.24) is 0 Å². The number of nitrogens with two attached hydrogens (primary N) is 2. The molecule has 11 nitrogen and oxygen atoms in total. The monoisotopic (exact) mass is 436 g/mol. The molecule has 0 bridgehead atoms. The molecule has 3 rings (SSSR count). The first-order valence-electron chi connectivity index (χ1n) is 9.76. The molecule has 3 aliphatic rings. The van der Waals surface area contributed by atoms with Crippen molar-refractivity contribution < 1.29 is 44.1 Å². The molecule has 0 aromatic rings. The molecule has 0 aliphatic heterocycles. The number of carbonyl (C=O) groups is 6. The Morgan fingerprint density at radius 3 is 2.26 bits per heavy atom. The summed E-state index contributed by atoms with van der Waals surface area (Å²) in [4.78, 5) is 75.4. The molecule has 0 spiro atoms. The largest absolute Gasteiger partial charge is 0.392 e. The number of hydrogen-bond acceptors (Lipinski definition) is 10. The first-order chi connectivity index (χ1) is 14.3. The van der Waals surface area contributed by atoms with Crippen LogP contribution in [0.15, 0.2) is 12.2 Å². The fourth-order valence-electron chi connectivity index (χ4n) is 5.10. The first kappa shape index (κ1) is 23.1. The number of rotatable bonds is 1. The minimum absolute atomic E-state index is 0.134. The van der Waals surface area contributed by atoms with Gasteiger partial charge in [0, 0.05) is 12.3 Å². The van der Waals surface area contributed by atoms with E-state index in [1.165, 1.54) is 19.1 Å². The van der Waals surface area contributed by atoms with Crippen LogP contribution in [0.5, 0.6) is 0 Å². The van der Waals surface area contributed by atoms with Gasteiger partial charge < -0.3 is 26.8 Å². The third kappa shape index (κ3) is 3.28. The highest BCUT2D eigenvalue weighted by Crippen LogP contribution is 2.49. The Balaban J connectivity index is 2.23. The second-order valence-corrected chi connectivity index (χ2v) is 8.70. The van der Waals surface area contributed by atoms with Crippen LogP contribution in [0.1, 0.15) is 26.2 Å². The van der Waals surface area contributed by atoms with E-state index in [0.29, 0.717) is 0 Å². The first-order valence-corrected chi connectivity index (χ1v) is 9.76. The van der Waals surface area contributed by atoms with Crippen molar-refractivity contribution in [3.05, 3.63) is 12.2 Å². The number of allylic oxidation sites excluding steroid dienone is 1. The van der Waals surface area contributed by atoms with Gasteiger partial charge in [-0.2, -0.15) is 0 Å². The van der Waals surface area contributed by atoms with E-state index in [4.69, 9.17) is 11.5 Å². The number of primary amides is 1. The van der Waals surface area contributed by atoms with Crippen LogP contribution in [0, 0.1) is 23.7 Å². The number of aliphatic hydroxyl groups is 3. The molecule has 0 aromatic carbocycles. The molecule has 8 unspecified atom stereocenters. The topological polar surface area (TPSA) is 215 Å². The van der Waals surface area contributed by atoms with Crippen LogP contribution in [-0.2, 0) is 28.8 Å². The minimum atomic E-state index is -3.16. The molecule has 0 saturated heterocycles. The summed E-state index contributed by atoms with van der Waals surface area (Å²) in [7, 11) is 0. The van der Waals surface area contributed by atoms with Gasteiger partial charge in [-0.3, -0.25) is 28.8 Å². The Hall–Kier alpha value is -2.60. The Labute approximate surface area is 176 Å². The molecule has 3 aliphatic carbocycles. The van der Waals surface area contributed by atoms with E-state index in [1.54, 1.807) is 0 Å². The number of aliphatic hydroxyl groups excluding tert-OH is 1. The Morgan fingerprint density at radius 2 is 1.68 bits per heavy atom. The fraction of sp³-hybridized carbons (Fsp3) is 0.600. The van der Waals surface area contributed by atoms with Gasteiger partial charge in [-0.15, -0.1) is 0 Å². The lowest BCUT2D eigenvalue weighted by molar-refractivity contribution is -0.206. The molecule has 7 N–H and O–H groups in total. The van der Waals surface area contributed by atoms with Gasteiger partial charge in [0.2, 0.25) is 5.91 Å². The van der Waals surface area contributed by atoms with E-state index in [9.17, 15) is 44.1 Å². The number of fused-ring (bicyclic) bond motifs is 2. The van der Waals surface area contributed by atoms with Gasteiger partial charge in [0.25, 0.3) is 0 Å². The third-order valence-electron chi connectivity index (χ3n) is 6.64. The maximum atomic E-state index is 13.4. The van der Waals surface area contributed by atoms with Gasteiger partial charge in [-0.05, 0) is 13.3 Å². The molecular formula is C20H24N2O9. The van der Waals surface area contributed by atoms with Gasteiger partial charge in [-0.1, -0.05) is 12.2 Å². The van der Waals surface area contributed by atoms with Crippen LogP contribution >= 0.6 is 0 Å². The molecule has 1 amide bonds. The predicted molar refractivity (Wildman–Crippen MR) is 101 cm³/mol. The number of Topliss-reactive ketones (excluding diaryl/α,β-unsaturated/α-hetero) is 5. The summed E-state index contributed by atoms with van der Waals surface area (Å²) in [6.45, 7) is 1.25. The van der Waals surface area contributed by atoms with Crippen molar-refractivity contribution in [2.75, 3.05) is 0 Å². The number of amides is 1. The van der Waals surface area contributed by atoms with E-state index in [-0.39, 0.29) is 12.8 Å². The zero-order valence-electron chi connectivity index (χ0n) is 16.7. The van der Waals surface area contributed by atoms with E-state index in [1.807, 2.05) is 0 Å². The zero-order chi connectivity index (χ0) is 23.5. The van der Waals surface area contributed by atoms with Crippen LogP contribution < -0.4 is 11.5 Å². The molecule has 2 saturated carbocycles. The molecule has 0 aromatic heterocycles. The summed E-state index contributed by atoms with van der Waals surface area (Å²) in [5.41, 5.74) is 5.87. The van der Waals surface area contributed by atoms with Gasteiger partial charge in [0.15, 0.2) is 34.7 Å². The molecule has 11 heteroatoms. The van der Waals surface area contributed by atoms with Crippen molar-refractivity contribution >= 4 is 34.8 Å². The molecule has 2 fully saturated rings. The van der Waals surface area contributed by atoms with Crippen molar-refractivity contribution in [2.24, 2.45) is 35.1 Å². The summed E-state index contributed by atoms with van der Waals surface area (Å²) in [6.07, 6.45) is -0.126. The Kier molecular flexibility index (Phi) is 5.60. The average Bonchev–Trinajstić information content (AvgIpc) is 2.65. The van der Waals surface area contributed by atoms with Crippen LogP contribution in [0.3, 0.4) is 0 Å². The zero-order valence-corrected chi connectivity index (χ0v) is 16.7. The fourth-order valence-corrected chi connectivity index (χ4v) is 5.10. The lowest BCUT2D eigenvalue weighted by Crippen LogP contribution is -2.78. The molecule has 8 atom stereocenters. The quantitative estimate of drug-likeness (QED) is 0.204. The second-order valence-electron chi connectivity index (χ2n) is 8.70. The summed E-state index contributed by atoms with van der Waals surface area (Å²) >= 11 is 0. The lowest BCUT2D eigenvalue weighted by Gasteiger charge is -2.54. The second kappa shape index (κ2) is 7.52. The summed E-state index contributed by atoms with van der Waals surface area (Å²) < 4.78 is 0. The predicted octanol–water partition coefficient (Wildman–Crippen LogP) is -3.28. The van der Waals surface area contributed by atoms with E-state index in [2.05, 4.69) is 0 Å². The van der Waals surface area contributed by atoms with E-state index in [0.717, 1.165) is 0 Å². The minimum Gasteiger partial charge on any atom is -0.392 e. The molecule has 168 valence electrons. The highest BCUT2D eigenvalue weighted by Gasteiger charge is 2.72. The van der Waals surface area contributed by atoms with Gasteiger partial charge in [-0.25, -0.2) is 0 Å². The van der Waals surface area contributed by atoms with Gasteiger partial charge in [0.1, 0.15) is 5.78 Å². The number of carbonyl (C=O) groups excluding carboxylic acids is 6.